The van der Waals surface area contributed by atoms with E-state index in [0.717, 1.165) is 11.1 Å². The number of esters is 1. The third kappa shape index (κ3) is 8.98. The van der Waals surface area contributed by atoms with Crippen molar-refractivity contribution in [2.75, 3.05) is 30.6 Å². The molecule has 0 fully saturated rings. The SMILES string of the molecule is COC(=O)c1c(-c2ccc(C)cc2)csc1NC(=O)CSc1cccc(NC(=O)/C(=C\c2ccc(O)cc2OC)NC(=O)c2ccccc2)c1. The van der Waals surface area contributed by atoms with E-state index in [-0.39, 0.29) is 28.7 Å². The van der Waals surface area contributed by atoms with Crippen molar-refractivity contribution in [1.29, 1.82) is 0 Å². The maximum absolute atomic E-state index is 13.6. The molecular formula is C38H33N3O7S2. The van der Waals surface area contributed by atoms with Gasteiger partial charge in [-0.2, -0.15) is 0 Å². The highest BCUT2D eigenvalue weighted by molar-refractivity contribution is 8.00. The number of ether oxygens (including phenoxy) is 2. The van der Waals surface area contributed by atoms with Crippen LogP contribution in [0.4, 0.5) is 10.7 Å². The number of anilines is 2. The van der Waals surface area contributed by atoms with Crippen LogP contribution in [0.3, 0.4) is 0 Å². The molecule has 0 aliphatic rings. The van der Waals surface area contributed by atoms with Crippen LogP contribution in [0.2, 0.25) is 0 Å². The normalized spacial score (nSPS) is 11.0. The number of thiophene rings is 1. The van der Waals surface area contributed by atoms with Gasteiger partial charge >= 0.3 is 5.97 Å². The Kier molecular flexibility index (Phi) is 11.7. The number of aryl methyl sites for hydroxylation is 1. The highest BCUT2D eigenvalue weighted by Gasteiger charge is 2.23. The van der Waals surface area contributed by atoms with Crippen molar-refractivity contribution in [3.8, 4) is 22.6 Å². The van der Waals surface area contributed by atoms with E-state index in [2.05, 4.69) is 16.0 Å². The number of thioether (sulfide) groups is 1. The Labute approximate surface area is 297 Å². The summed E-state index contributed by atoms with van der Waals surface area (Å²) in [7, 11) is 2.73. The summed E-state index contributed by atoms with van der Waals surface area (Å²) in [5, 5.41) is 20.4. The summed E-state index contributed by atoms with van der Waals surface area (Å²) in [4.78, 5) is 53.1. The summed E-state index contributed by atoms with van der Waals surface area (Å²) in [6.45, 7) is 1.98. The van der Waals surface area contributed by atoms with E-state index in [0.29, 0.717) is 38.0 Å². The van der Waals surface area contributed by atoms with Crippen LogP contribution in [0.1, 0.15) is 31.8 Å². The Hall–Kier alpha value is -5.85. The minimum Gasteiger partial charge on any atom is -0.508 e. The molecule has 1 aromatic heterocycles. The highest BCUT2D eigenvalue weighted by Crippen LogP contribution is 2.36. The largest absolute Gasteiger partial charge is 0.508 e. The van der Waals surface area contributed by atoms with Crippen LogP contribution in [0, 0.1) is 6.92 Å². The number of aromatic hydroxyl groups is 1. The van der Waals surface area contributed by atoms with Crippen LogP contribution in [0.25, 0.3) is 17.2 Å². The van der Waals surface area contributed by atoms with Crippen molar-refractivity contribution in [2.45, 2.75) is 11.8 Å². The van der Waals surface area contributed by atoms with Crippen LogP contribution in [-0.2, 0) is 14.3 Å². The molecule has 4 aromatic carbocycles. The third-order valence-corrected chi connectivity index (χ3v) is 9.19. The molecule has 4 N–H and O–H groups in total. The number of benzene rings is 4. The van der Waals surface area contributed by atoms with Crippen LogP contribution < -0.4 is 20.7 Å². The molecule has 10 nitrogen and oxygen atoms in total. The number of nitrogens with one attached hydrogen (secondary N) is 3. The number of amides is 3. The van der Waals surface area contributed by atoms with Gasteiger partial charge in [0, 0.05) is 38.7 Å². The topological polar surface area (TPSA) is 143 Å². The second-order valence-corrected chi connectivity index (χ2v) is 12.8. The van der Waals surface area contributed by atoms with Gasteiger partial charge in [-0.3, -0.25) is 14.4 Å². The zero-order valence-corrected chi connectivity index (χ0v) is 28.9. The Balaban J connectivity index is 1.29. The first-order chi connectivity index (χ1) is 24.1. The Morgan fingerprint density at radius 3 is 2.36 bits per heavy atom. The van der Waals surface area contributed by atoms with Crippen molar-refractivity contribution in [1.82, 2.24) is 5.32 Å². The summed E-state index contributed by atoms with van der Waals surface area (Å²) in [5.74, 6) is -1.68. The second-order valence-electron chi connectivity index (χ2n) is 10.8. The van der Waals surface area contributed by atoms with Gasteiger partial charge in [0.2, 0.25) is 5.91 Å². The molecule has 5 rings (SSSR count). The molecule has 0 saturated heterocycles. The van der Waals surface area contributed by atoms with Gasteiger partial charge in [0.05, 0.1) is 20.0 Å². The number of methoxy groups -OCH3 is 2. The van der Waals surface area contributed by atoms with Crippen molar-refractivity contribution in [2.24, 2.45) is 0 Å². The first-order valence-corrected chi connectivity index (χ1v) is 17.1. The summed E-state index contributed by atoms with van der Waals surface area (Å²) in [5.41, 5.74) is 4.04. The lowest BCUT2D eigenvalue weighted by Gasteiger charge is -2.13. The standard InChI is InChI=1S/C38H33N3O7S2/c1-23-12-14-24(15-13-23)30-21-50-37(34(30)38(46)48-3)41-33(43)22-49-29-11-7-10-27(19-29)39-36(45)31(40-35(44)25-8-5-4-6-9-25)18-26-16-17-28(42)20-32(26)47-2/h4-21,42H,22H2,1-3H3,(H,39,45)(H,40,44)(H,41,43)/b31-18+. The van der Waals surface area contributed by atoms with E-state index in [9.17, 15) is 24.3 Å². The van der Waals surface area contributed by atoms with Crippen LogP contribution in [0.5, 0.6) is 11.5 Å². The van der Waals surface area contributed by atoms with E-state index in [1.54, 1.807) is 60.7 Å². The number of carbonyl (C=O) groups is 4. The minimum atomic E-state index is -0.610. The monoisotopic (exact) mass is 707 g/mol. The molecule has 50 heavy (non-hydrogen) atoms. The van der Waals surface area contributed by atoms with Crippen molar-refractivity contribution in [3.05, 3.63) is 130 Å². The number of hydrogen-bond acceptors (Lipinski definition) is 9. The fourth-order valence-corrected chi connectivity index (χ4v) is 6.52. The number of carbonyl (C=O) groups excluding carboxylic acids is 4. The molecule has 0 saturated carbocycles. The summed E-state index contributed by atoms with van der Waals surface area (Å²) in [6, 6.07) is 27.5. The Bertz CT molecular complexity index is 2060. The molecule has 12 heteroatoms. The van der Waals surface area contributed by atoms with Gasteiger partial charge in [-0.25, -0.2) is 4.79 Å². The van der Waals surface area contributed by atoms with Gasteiger partial charge in [0.25, 0.3) is 11.8 Å². The van der Waals surface area contributed by atoms with E-state index in [1.807, 2.05) is 36.6 Å². The number of rotatable bonds is 12. The van der Waals surface area contributed by atoms with Crippen molar-refractivity contribution >= 4 is 63.6 Å². The van der Waals surface area contributed by atoms with Gasteiger partial charge in [-0.05, 0) is 61.0 Å². The minimum absolute atomic E-state index is 0.0207. The predicted molar refractivity (Wildman–Crippen MR) is 197 cm³/mol. The van der Waals surface area contributed by atoms with Crippen LogP contribution in [0.15, 0.2) is 113 Å². The average molecular weight is 708 g/mol. The Morgan fingerprint density at radius 1 is 0.880 bits per heavy atom. The molecular weight excluding hydrogens is 675 g/mol. The van der Waals surface area contributed by atoms with E-state index in [1.165, 1.54) is 55.5 Å². The average Bonchev–Trinajstić information content (AvgIpc) is 3.54. The highest BCUT2D eigenvalue weighted by atomic mass is 32.2. The molecule has 0 bridgehead atoms. The molecule has 0 unspecified atom stereocenters. The summed E-state index contributed by atoms with van der Waals surface area (Å²) < 4.78 is 10.4. The lowest BCUT2D eigenvalue weighted by atomic mass is 10.0. The maximum atomic E-state index is 13.6. The van der Waals surface area contributed by atoms with Crippen molar-refractivity contribution in [3.63, 3.8) is 0 Å². The van der Waals surface area contributed by atoms with Gasteiger partial charge in [0.15, 0.2) is 0 Å². The van der Waals surface area contributed by atoms with E-state index in [4.69, 9.17) is 9.47 Å². The molecule has 0 aliphatic heterocycles. The van der Waals surface area contributed by atoms with Gasteiger partial charge in [0.1, 0.15) is 27.8 Å². The second kappa shape index (κ2) is 16.5. The smallest absolute Gasteiger partial charge is 0.341 e. The fourth-order valence-electron chi connectivity index (χ4n) is 4.79. The van der Waals surface area contributed by atoms with Crippen LogP contribution in [-0.4, -0.2) is 48.8 Å². The zero-order chi connectivity index (χ0) is 35.6. The molecule has 0 aliphatic carbocycles. The van der Waals surface area contributed by atoms with Gasteiger partial charge < -0.3 is 30.5 Å². The number of phenolic OH excluding ortho intramolecular Hbond substituents is 1. The first-order valence-electron chi connectivity index (χ1n) is 15.2. The number of phenols is 1. The first kappa shape index (κ1) is 35.5. The molecule has 0 radical (unpaired) electrons. The zero-order valence-electron chi connectivity index (χ0n) is 27.3. The molecule has 0 atom stereocenters. The molecule has 254 valence electrons. The Morgan fingerprint density at radius 2 is 1.64 bits per heavy atom. The lowest BCUT2D eigenvalue weighted by Crippen LogP contribution is -2.30. The maximum Gasteiger partial charge on any atom is 0.341 e. The predicted octanol–water partition coefficient (Wildman–Crippen LogP) is 7.36. The lowest BCUT2D eigenvalue weighted by molar-refractivity contribution is -0.114. The third-order valence-electron chi connectivity index (χ3n) is 7.30. The molecule has 3 amide bonds. The molecule has 0 spiro atoms. The van der Waals surface area contributed by atoms with Crippen molar-refractivity contribution < 1.29 is 33.8 Å². The molecule has 1 heterocycles. The summed E-state index contributed by atoms with van der Waals surface area (Å²) >= 11 is 2.48. The van der Waals surface area contributed by atoms with E-state index < -0.39 is 17.8 Å². The van der Waals surface area contributed by atoms with Gasteiger partial charge in [-0.15, -0.1) is 23.1 Å². The van der Waals surface area contributed by atoms with E-state index >= 15 is 0 Å². The van der Waals surface area contributed by atoms with Gasteiger partial charge in [-0.1, -0.05) is 54.1 Å². The quantitative estimate of drug-likeness (QED) is 0.0599. The molecule has 5 aromatic rings. The number of hydrogen-bond donors (Lipinski definition) is 4. The van der Waals surface area contributed by atoms with Crippen LogP contribution >= 0.6 is 23.1 Å². The summed E-state index contributed by atoms with van der Waals surface area (Å²) in [6.07, 6.45) is 1.45. The fraction of sp³-hybridized carbons (Fsp3) is 0.105.